The first-order chi connectivity index (χ1) is 6.24. The van der Waals surface area contributed by atoms with Crippen LogP contribution >= 0.6 is 22.9 Å². The van der Waals surface area contributed by atoms with Crippen molar-refractivity contribution in [3.8, 4) is 0 Å². The van der Waals surface area contributed by atoms with Crippen molar-refractivity contribution in [3.63, 3.8) is 0 Å². The van der Waals surface area contributed by atoms with Crippen LogP contribution < -0.4 is 5.73 Å². The van der Waals surface area contributed by atoms with E-state index in [2.05, 4.69) is 10.2 Å². The zero-order chi connectivity index (χ0) is 9.26. The third-order valence-corrected chi connectivity index (χ3v) is 2.64. The molecule has 0 amide bonds. The number of nitrogen functional groups attached to an aromatic ring is 1. The molecule has 0 unspecified atom stereocenters. The zero-order valence-corrected chi connectivity index (χ0v) is 8.22. The number of hydrogen-bond acceptors (Lipinski definition) is 4. The highest BCUT2D eigenvalue weighted by atomic mass is 35.5. The molecule has 2 heterocycles. The molecule has 2 aromatic heterocycles. The molecular weight excluding hydrogens is 208 g/mol. The predicted octanol–water partition coefficient (Wildman–Crippen LogP) is 1.62. The minimum Gasteiger partial charge on any atom is -0.381 e. The van der Waals surface area contributed by atoms with Gasteiger partial charge in [-0.1, -0.05) is 11.6 Å². The van der Waals surface area contributed by atoms with Gasteiger partial charge in [-0.3, -0.25) is 0 Å². The molecular formula is C7H7ClN4S. The Balaban J connectivity index is 2.14. The lowest BCUT2D eigenvalue weighted by molar-refractivity contribution is 0.594. The van der Waals surface area contributed by atoms with Crippen molar-refractivity contribution in [2.45, 2.75) is 6.54 Å². The first-order valence-corrected chi connectivity index (χ1v) is 4.88. The minimum absolute atomic E-state index is 0.432. The van der Waals surface area contributed by atoms with E-state index < -0.39 is 0 Å². The van der Waals surface area contributed by atoms with E-state index in [-0.39, 0.29) is 0 Å². The van der Waals surface area contributed by atoms with Crippen LogP contribution in [0.4, 0.5) is 5.82 Å². The third kappa shape index (κ3) is 1.99. The Bertz CT molecular complexity index is 370. The molecule has 6 heteroatoms. The van der Waals surface area contributed by atoms with E-state index >= 15 is 0 Å². The highest BCUT2D eigenvalue weighted by Crippen LogP contribution is 2.20. The second kappa shape index (κ2) is 3.35. The van der Waals surface area contributed by atoms with Gasteiger partial charge in [-0.05, 0) is 17.0 Å². The highest BCUT2D eigenvalue weighted by Gasteiger charge is 2.00. The van der Waals surface area contributed by atoms with Gasteiger partial charge in [0, 0.05) is 0 Å². The number of halogens is 1. The van der Waals surface area contributed by atoms with Gasteiger partial charge in [0.05, 0.1) is 17.1 Å². The molecule has 2 rings (SSSR count). The third-order valence-electron chi connectivity index (χ3n) is 1.50. The molecule has 0 aromatic carbocycles. The zero-order valence-electron chi connectivity index (χ0n) is 6.64. The normalized spacial score (nSPS) is 10.5. The Morgan fingerprint density at radius 1 is 1.62 bits per heavy atom. The number of rotatable bonds is 2. The van der Waals surface area contributed by atoms with Crippen LogP contribution in [0.2, 0.25) is 4.34 Å². The summed E-state index contributed by atoms with van der Waals surface area (Å²) in [5.41, 5.74) is 6.51. The standard InChI is InChI=1S/C7H7ClN4S/c8-6-1-5(4-13-6)3-12-10-2-7(9)11-12/h1-2,4H,3H2,(H2,9,11). The molecule has 0 spiro atoms. The maximum absolute atomic E-state index is 5.78. The lowest BCUT2D eigenvalue weighted by atomic mass is 10.3. The number of anilines is 1. The van der Waals surface area contributed by atoms with Gasteiger partial charge in [0.25, 0.3) is 0 Å². The van der Waals surface area contributed by atoms with Crippen LogP contribution in [0.5, 0.6) is 0 Å². The Hall–Kier alpha value is -1.07. The Morgan fingerprint density at radius 3 is 3.00 bits per heavy atom. The Kier molecular flexibility index (Phi) is 2.20. The summed E-state index contributed by atoms with van der Waals surface area (Å²) in [5.74, 6) is 0.432. The SMILES string of the molecule is Nc1cnn(Cc2csc(Cl)c2)n1. The predicted molar refractivity (Wildman–Crippen MR) is 52.9 cm³/mol. The molecule has 0 atom stereocenters. The Labute approximate surface area is 83.9 Å². The molecule has 68 valence electrons. The van der Waals surface area contributed by atoms with Gasteiger partial charge in [-0.15, -0.1) is 16.4 Å². The average Bonchev–Trinajstić information content (AvgIpc) is 2.62. The number of thiophene rings is 1. The summed E-state index contributed by atoms with van der Waals surface area (Å²) in [7, 11) is 0. The van der Waals surface area contributed by atoms with Gasteiger partial charge in [0.1, 0.15) is 0 Å². The van der Waals surface area contributed by atoms with Crippen LogP contribution in [0.25, 0.3) is 0 Å². The molecule has 0 saturated heterocycles. The minimum atomic E-state index is 0.432. The maximum Gasteiger partial charge on any atom is 0.165 e. The summed E-state index contributed by atoms with van der Waals surface area (Å²) in [4.78, 5) is 1.54. The van der Waals surface area contributed by atoms with Crippen LogP contribution in [0.1, 0.15) is 5.56 Å². The lowest BCUT2D eigenvalue weighted by Crippen LogP contribution is -2.02. The number of hydrogen-bond donors (Lipinski definition) is 1. The van der Waals surface area contributed by atoms with Crippen LogP contribution in [0.15, 0.2) is 17.6 Å². The van der Waals surface area contributed by atoms with E-state index in [1.54, 1.807) is 0 Å². The molecule has 0 saturated carbocycles. The molecule has 13 heavy (non-hydrogen) atoms. The monoisotopic (exact) mass is 214 g/mol. The van der Waals surface area contributed by atoms with Gasteiger partial charge in [0.15, 0.2) is 5.82 Å². The number of nitrogens with zero attached hydrogens (tertiary/aromatic N) is 3. The summed E-state index contributed by atoms with van der Waals surface area (Å²) in [6, 6.07) is 1.89. The summed E-state index contributed by atoms with van der Waals surface area (Å²) in [6.45, 7) is 0.612. The van der Waals surface area contributed by atoms with Crippen molar-refractivity contribution >= 4 is 28.8 Å². The molecule has 2 aromatic rings. The molecule has 0 aliphatic rings. The van der Waals surface area contributed by atoms with Crippen LogP contribution in [0.3, 0.4) is 0 Å². The fraction of sp³-hybridized carbons (Fsp3) is 0.143. The van der Waals surface area contributed by atoms with Gasteiger partial charge in [-0.25, -0.2) is 0 Å². The van der Waals surface area contributed by atoms with E-state index in [1.165, 1.54) is 22.3 Å². The van der Waals surface area contributed by atoms with Crippen molar-refractivity contribution in [3.05, 3.63) is 27.5 Å². The molecule has 0 fully saturated rings. The second-order valence-electron chi connectivity index (χ2n) is 2.56. The van der Waals surface area contributed by atoms with Crippen LogP contribution in [-0.4, -0.2) is 15.0 Å². The van der Waals surface area contributed by atoms with Crippen molar-refractivity contribution < 1.29 is 0 Å². The molecule has 2 N–H and O–H groups in total. The first kappa shape index (κ1) is 8.52. The van der Waals surface area contributed by atoms with Crippen molar-refractivity contribution in [1.29, 1.82) is 0 Å². The van der Waals surface area contributed by atoms with Gasteiger partial charge < -0.3 is 5.73 Å². The summed E-state index contributed by atoms with van der Waals surface area (Å²) in [5, 5.41) is 9.90. The van der Waals surface area contributed by atoms with E-state index in [1.807, 2.05) is 11.4 Å². The fourth-order valence-electron chi connectivity index (χ4n) is 0.979. The largest absolute Gasteiger partial charge is 0.381 e. The smallest absolute Gasteiger partial charge is 0.165 e. The quantitative estimate of drug-likeness (QED) is 0.827. The van der Waals surface area contributed by atoms with Gasteiger partial charge >= 0.3 is 0 Å². The van der Waals surface area contributed by atoms with E-state index in [9.17, 15) is 0 Å². The van der Waals surface area contributed by atoms with E-state index in [0.29, 0.717) is 12.4 Å². The molecule has 0 radical (unpaired) electrons. The lowest BCUT2D eigenvalue weighted by Gasteiger charge is -1.94. The molecule has 0 aliphatic heterocycles. The number of nitrogens with two attached hydrogens (primary N) is 1. The Morgan fingerprint density at radius 2 is 2.46 bits per heavy atom. The summed E-state index contributed by atoms with van der Waals surface area (Å²) >= 11 is 7.27. The van der Waals surface area contributed by atoms with Crippen LogP contribution in [0, 0.1) is 0 Å². The molecule has 0 bridgehead atoms. The topological polar surface area (TPSA) is 56.7 Å². The second-order valence-corrected chi connectivity index (χ2v) is 4.10. The van der Waals surface area contributed by atoms with Crippen molar-refractivity contribution in [2.75, 3.05) is 5.73 Å². The molecule has 4 nitrogen and oxygen atoms in total. The first-order valence-electron chi connectivity index (χ1n) is 3.62. The number of aromatic nitrogens is 3. The van der Waals surface area contributed by atoms with Gasteiger partial charge in [-0.2, -0.15) is 9.90 Å². The maximum atomic E-state index is 5.78. The van der Waals surface area contributed by atoms with Crippen molar-refractivity contribution in [1.82, 2.24) is 15.0 Å². The van der Waals surface area contributed by atoms with E-state index in [0.717, 1.165) is 9.90 Å². The summed E-state index contributed by atoms with van der Waals surface area (Å²) in [6.07, 6.45) is 1.52. The highest BCUT2D eigenvalue weighted by molar-refractivity contribution is 7.14. The van der Waals surface area contributed by atoms with Crippen LogP contribution in [-0.2, 0) is 6.54 Å². The fourth-order valence-corrected chi connectivity index (χ4v) is 1.88. The van der Waals surface area contributed by atoms with Gasteiger partial charge in [0.2, 0.25) is 0 Å². The van der Waals surface area contributed by atoms with Crippen molar-refractivity contribution in [2.24, 2.45) is 0 Å². The van der Waals surface area contributed by atoms with E-state index in [4.69, 9.17) is 17.3 Å². The summed E-state index contributed by atoms with van der Waals surface area (Å²) < 4.78 is 0.773. The average molecular weight is 215 g/mol. The molecule has 0 aliphatic carbocycles.